The standard InChI is InChI=1S/C19H21NO4/c1-2-23-19(22)20-17(13-15-9-5-3-6-10-15)18(21)24-14-16-11-7-4-8-12-16/h3-12,17H,2,13-14H2,1H3,(H,20,22). The molecule has 2 aromatic rings. The number of hydrogen-bond acceptors (Lipinski definition) is 4. The Bertz CT molecular complexity index is 643. The van der Waals surface area contributed by atoms with Gasteiger partial charge in [0, 0.05) is 6.42 Å². The highest BCUT2D eigenvalue weighted by Crippen LogP contribution is 2.07. The van der Waals surface area contributed by atoms with Crippen LogP contribution in [0.5, 0.6) is 0 Å². The van der Waals surface area contributed by atoms with E-state index in [0.29, 0.717) is 6.42 Å². The molecule has 0 saturated heterocycles. The summed E-state index contributed by atoms with van der Waals surface area (Å²) < 4.78 is 10.2. The van der Waals surface area contributed by atoms with E-state index < -0.39 is 18.1 Å². The van der Waals surface area contributed by atoms with Gasteiger partial charge < -0.3 is 14.8 Å². The van der Waals surface area contributed by atoms with Gasteiger partial charge in [0.2, 0.25) is 0 Å². The normalized spacial score (nSPS) is 11.4. The van der Waals surface area contributed by atoms with Crippen LogP contribution in [0.1, 0.15) is 18.1 Å². The predicted molar refractivity (Wildman–Crippen MR) is 90.3 cm³/mol. The predicted octanol–water partition coefficient (Wildman–Crippen LogP) is 3.09. The Balaban J connectivity index is 2.00. The van der Waals surface area contributed by atoms with E-state index in [1.807, 2.05) is 60.7 Å². The van der Waals surface area contributed by atoms with Crippen molar-refractivity contribution in [2.75, 3.05) is 6.61 Å². The van der Waals surface area contributed by atoms with Crippen LogP contribution in [0.2, 0.25) is 0 Å². The van der Waals surface area contributed by atoms with Gasteiger partial charge in [0.15, 0.2) is 0 Å². The maximum absolute atomic E-state index is 12.4. The second-order valence-corrected chi connectivity index (χ2v) is 5.20. The van der Waals surface area contributed by atoms with Crippen LogP contribution in [0.3, 0.4) is 0 Å². The molecule has 0 aliphatic heterocycles. The number of esters is 1. The van der Waals surface area contributed by atoms with Gasteiger partial charge in [-0.2, -0.15) is 0 Å². The lowest BCUT2D eigenvalue weighted by atomic mass is 10.1. The van der Waals surface area contributed by atoms with Gasteiger partial charge in [-0.1, -0.05) is 60.7 Å². The molecule has 5 nitrogen and oxygen atoms in total. The summed E-state index contributed by atoms with van der Waals surface area (Å²) in [6, 6.07) is 18.0. The number of alkyl carbamates (subject to hydrolysis) is 1. The van der Waals surface area contributed by atoms with E-state index in [2.05, 4.69) is 5.32 Å². The van der Waals surface area contributed by atoms with E-state index in [-0.39, 0.29) is 13.2 Å². The Morgan fingerprint density at radius 3 is 2.08 bits per heavy atom. The summed E-state index contributed by atoms with van der Waals surface area (Å²) in [5, 5.41) is 2.57. The summed E-state index contributed by atoms with van der Waals surface area (Å²) in [5.74, 6) is -0.490. The third-order valence-electron chi connectivity index (χ3n) is 3.36. The molecule has 1 amide bonds. The maximum Gasteiger partial charge on any atom is 0.407 e. The van der Waals surface area contributed by atoms with E-state index in [4.69, 9.17) is 9.47 Å². The molecule has 0 aromatic heterocycles. The van der Waals surface area contributed by atoms with Gasteiger partial charge in [-0.3, -0.25) is 0 Å². The summed E-state index contributed by atoms with van der Waals surface area (Å²) in [5.41, 5.74) is 1.82. The zero-order chi connectivity index (χ0) is 17.2. The Morgan fingerprint density at radius 2 is 1.50 bits per heavy atom. The van der Waals surface area contributed by atoms with Gasteiger partial charge in [0.25, 0.3) is 0 Å². The lowest BCUT2D eigenvalue weighted by Gasteiger charge is -2.17. The van der Waals surface area contributed by atoms with Crippen LogP contribution < -0.4 is 5.32 Å². The number of rotatable bonds is 7. The molecule has 126 valence electrons. The molecular weight excluding hydrogens is 306 g/mol. The van der Waals surface area contributed by atoms with Gasteiger partial charge in [-0.15, -0.1) is 0 Å². The lowest BCUT2D eigenvalue weighted by Crippen LogP contribution is -2.43. The van der Waals surface area contributed by atoms with Gasteiger partial charge >= 0.3 is 12.1 Å². The first-order chi connectivity index (χ1) is 11.7. The fourth-order valence-electron chi connectivity index (χ4n) is 2.19. The van der Waals surface area contributed by atoms with E-state index in [1.54, 1.807) is 6.92 Å². The first-order valence-corrected chi connectivity index (χ1v) is 7.87. The largest absolute Gasteiger partial charge is 0.459 e. The van der Waals surface area contributed by atoms with E-state index in [0.717, 1.165) is 11.1 Å². The molecule has 0 aliphatic rings. The van der Waals surface area contributed by atoms with Crippen molar-refractivity contribution < 1.29 is 19.1 Å². The number of hydrogen-bond donors (Lipinski definition) is 1. The van der Waals surface area contributed by atoms with Crippen molar-refractivity contribution in [3.63, 3.8) is 0 Å². The van der Waals surface area contributed by atoms with E-state index in [9.17, 15) is 9.59 Å². The second kappa shape index (κ2) is 9.35. The molecule has 0 spiro atoms. The third kappa shape index (κ3) is 5.76. The van der Waals surface area contributed by atoms with Gasteiger partial charge in [0.1, 0.15) is 12.6 Å². The van der Waals surface area contributed by atoms with Gasteiger partial charge in [-0.25, -0.2) is 9.59 Å². The van der Waals surface area contributed by atoms with Crippen LogP contribution in [0.25, 0.3) is 0 Å². The van der Waals surface area contributed by atoms with Gasteiger partial charge in [0.05, 0.1) is 6.61 Å². The smallest absolute Gasteiger partial charge is 0.407 e. The molecule has 5 heteroatoms. The molecule has 1 atom stereocenters. The topological polar surface area (TPSA) is 64.6 Å². The van der Waals surface area contributed by atoms with Crippen LogP contribution in [0.15, 0.2) is 60.7 Å². The molecular formula is C19H21NO4. The highest BCUT2D eigenvalue weighted by molar-refractivity contribution is 5.81. The van der Waals surface area contributed by atoms with E-state index >= 15 is 0 Å². The first kappa shape index (κ1) is 17.5. The zero-order valence-corrected chi connectivity index (χ0v) is 13.6. The minimum atomic E-state index is -0.796. The Hall–Kier alpha value is -2.82. The summed E-state index contributed by atoms with van der Waals surface area (Å²) in [4.78, 5) is 24.0. The molecule has 0 radical (unpaired) electrons. The summed E-state index contributed by atoms with van der Waals surface area (Å²) >= 11 is 0. The molecule has 1 N–H and O–H groups in total. The van der Waals surface area contributed by atoms with Crippen LogP contribution in [0, 0.1) is 0 Å². The Morgan fingerprint density at radius 1 is 0.917 bits per heavy atom. The molecule has 0 fully saturated rings. The van der Waals surface area contributed by atoms with Crippen molar-refractivity contribution in [1.82, 2.24) is 5.32 Å². The number of nitrogens with one attached hydrogen (secondary N) is 1. The van der Waals surface area contributed by atoms with E-state index in [1.165, 1.54) is 0 Å². The highest BCUT2D eigenvalue weighted by atomic mass is 16.6. The van der Waals surface area contributed by atoms with Crippen LogP contribution in [-0.4, -0.2) is 24.7 Å². The molecule has 0 bridgehead atoms. The van der Waals surface area contributed by atoms with Crippen molar-refractivity contribution in [3.8, 4) is 0 Å². The third-order valence-corrected chi connectivity index (χ3v) is 3.36. The Labute approximate surface area is 141 Å². The van der Waals surface area contributed by atoms with Crippen molar-refractivity contribution in [1.29, 1.82) is 0 Å². The van der Waals surface area contributed by atoms with Crippen molar-refractivity contribution in [2.24, 2.45) is 0 Å². The molecule has 2 aromatic carbocycles. The maximum atomic E-state index is 12.4. The lowest BCUT2D eigenvalue weighted by molar-refractivity contribution is -0.147. The average Bonchev–Trinajstić information content (AvgIpc) is 2.61. The van der Waals surface area contributed by atoms with Crippen LogP contribution in [-0.2, 0) is 27.3 Å². The van der Waals surface area contributed by atoms with Crippen molar-refractivity contribution in [2.45, 2.75) is 26.0 Å². The number of carbonyl (C=O) groups is 2. The fourth-order valence-corrected chi connectivity index (χ4v) is 2.19. The van der Waals surface area contributed by atoms with Crippen molar-refractivity contribution >= 4 is 12.1 Å². The van der Waals surface area contributed by atoms with Crippen LogP contribution >= 0.6 is 0 Å². The molecule has 1 unspecified atom stereocenters. The molecule has 24 heavy (non-hydrogen) atoms. The molecule has 0 aliphatic carbocycles. The molecule has 0 heterocycles. The number of ether oxygens (including phenoxy) is 2. The Kier molecular flexibility index (Phi) is 6.83. The summed E-state index contributed by atoms with van der Waals surface area (Å²) in [6.07, 6.45) is -0.289. The number of carbonyl (C=O) groups excluding carboxylic acids is 2. The quantitative estimate of drug-likeness (QED) is 0.794. The second-order valence-electron chi connectivity index (χ2n) is 5.20. The summed E-state index contributed by atoms with van der Waals surface area (Å²) in [6.45, 7) is 2.11. The number of benzene rings is 2. The van der Waals surface area contributed by atoms with Crippen LogP contribution in [0.4, 0.5) is 4.79 Å². The minimum Gasteiger partial charge on any atom is -0.459 e. The monoisotopic (exact) mass is 327 g/mol. The fraction of sp³-hybridized carbons (Fsp3) is 0.263. The molecule has 0 saturated carbocycles. The van der Waals surface area contributed by atoms with Crippen molar-refractivity contribution in [3.05, 3.63) is 71.8 Å². The highest BCUT2D eigenvalue weighted by Gasteiger charge is 2.23. The first-order valence-electron chi connectivity index (χ1n) is 7.87. The van der Waals surface area contributed by atoms with Gasteiger partial charge in [-0.05, 0) is 18.1 Å². The molecule has 2 rings (SSSR count). The SMILES string of the molecule is CCOC(=O)NC(Cc1ccccc1)C(=O)OCc1ccccc1. The number of amides is 1. The minimum absolute atomic E-state index is 0.162. The summed E-state index contributed by atoms with van der Waals surface area (Å²) in [7, 11) is 0. The average molecular weight is 327 g/mol. The zero-order valence-electron chi connectivity index (χ0n) is 13.6.